The molecule has 0 saturated heterocycles. The van der Waals surface area contributed by atoms with Gasteiger partial charge in [0, 0.05) is 0 Å². The first kappa shape index (κ1) is 15.8. The van der Waals surface area contributed by atoms with Gasteiger partial charge < -0.3 is 24.8 Å². The molecular formula is C9H12O9. The summed E-state index contributed by atoms with van der Waals surface area (Å²) in [7, 11) is 0. The van der Waals surface area contributed by atoms with Crippen LogP contribution in [0, 0.1) is 0 Å². The quantitative estimate of drug-likeness (QED) is 0.373. The standard InChI is InChI=1S/C9H12O9/c10-5(11)1-3-7(14)17-9(16)18-8(15)4-2-6(12)13/h9,16H,1-4H2,(H,10,11)(H,12,13). The van der Waals surface area contributed by atoms with E-state index in [2.05, 4.69) is 9.47 Å². The Morgan fingerprint density at radius 2 is 1.11 bits per heavy atom. The molecule has 9 nitrogen and oxygen atoms in total. The zero-order chi connectivity index (χ0) is 14.1. The minimum Gasteiger partial charge on any atom is -0.481 e. The molecule has 0 aromatic heterocycles. The molecule has 102 valence electrons. The number of carboxylic acid groups (broad SMARTS) is 2. The van der Waals surface area contributed by atoms with E-state index in [1.807, 2.05) is 0 Å². The van der Waals surface area contributed by atoms with Crippen LogP contribution in [0.2, 0.25) is 0 Å². The Hall–Kier alpha value is -2.16. The molecule has 0 aromatic rings. The zero-order valence-electron chi connectivity index (χ0n) is 9.20. The van der Waals surface area contributed by atoms with Crippen molar-refractivity contribution in [1.82, 2.24) is 0 Å². The molecule has 0 aliphatic rings. The van der Waals surface area contributed by atoms with Crippen LogP contribution in [-0.2, 0) is 28.7 Å². The third kappa shape index (κ3) is 9.09. The van der Waals surface area contributed by atoms with Gasteiger partial charge in [0.05, 0.1) is 25.7 Å². The van der Waals surface area contributed by atoms with Gasteiger partial charge in [0.15, 0.2) is 0 Å². The summed E-state index contributed by atoms with van der Waals surface area (Å²) in [4.78, 5) is 42.0. The van der Waals surface area contributed by atoms with E-state index in [0.29, 0.717) is 0 Å². The van der Waals surface area contributed by atoms with Gasteiger partial charge in [-0.2, -0.15) is 0 Å². The summed E-state index contributed by atoms with van der Waals surface area (Å²) in [5.74, 6) is -4.56. The molecule has 0 spiro atoms. The minimum atomic E-state index is -2.17. The molecule has 0 amide bonds. The SMILES string of the molecule is O=C(O)CCC(=O)OC(O)OC(=O)CCC(=O)O. The second-order valence-electron chi connectivity index (χ2n) is 3.07. The molecule has 9 heteroatoms. The number of hydrogen-bond acceptors (Lipinski definition) is 7. The Bertz CT molecular complexity index is 303. The van der Waals surface area contributed by atoms with Crippen molar-refractivity contribution in [3.8, 4) is 0 Å². The van der Waals surface area contributed by atoms with Gasteiger partial charge in [-0.05, 0) is 0 Å². The highest BCUT2D eigenvalue weighted by Crippen LogP contribution is 2.01. The van der Waals surface area contributed by atoms with E-state index < -0.39 is 56.0 Å². The Morgan fingerprint density at radius 3 is 1.39 bits per heavy atom. The third-order valence-corrected chi connectivity index (χ3v) is 1.55. The van der Waals surface area contributed by atoms with Gasteiger partial charge in [-0.3, -0.25) is 19.2 Å². The number of carbonyl (C=O) groups is 4. The molecule has 3 N–H and O–H groups in total. The predicted molar refractivity (Wildman–Crippen MR) is 51.9 cm³/mol. The number of aliphatic hydroxyl groups is 1. The van der Waals surface area contributed by atoms with Crippen LogP contribution in [0.15, 0.2) is 0 Å². The Kier molecular flexibility index (Phi) is 7.05. The van der Waals surface area contributed by atoms with E-state index in [-0.39, 0.29) is 0 Å². The molecular weight excluding hydrogens is 252 g/mol. The van der Waals surface area contributed by atoms with Crippen LogP contribution < -0.4 is 0 Å². The monoisotopic (exact) mass is 264 g/mol. The number of ether oxygens (including phenoxy) is 2. The van der Waals surface area contributed by atoms with Gasteiger partial charge in [-0.15, -0.1) is 0 Å². The normalized spacial score (nSPS) is 9.89. The lowest BCUT2D eigenvalue weighted by atomic mass is 10.3. The summed E-state index contributed by atoms with van der Waals surface area (Å²) < 4.78 is 8.28. The maximum atomic E-state index is 10.9. The molecule has 18 heavy (non-hydrogen) atoms. The van der Waals surface area contributed by atoms with Crippen molar-refractivity contribution in [2.24, 2.45) is 0 Å². The molecule has 0 fully saturated rings. The van der Waals surface area contributed by atoms with Crippen molar-refractivity contribution < 1.29 is 44.0 Å². The first-order valence-corrected chi connectivity index (χ1v) is 4.82. The first-order valence-electron chi connectivity index (χ1n) is 4.82. The Labute approximate surface area is 101 Å². The molecule has 0 rings (SSSR count). The fourth-order valence-electron chi connectivity index (χ4n) is 0.785. The van der Waals surface area contributed by atoms with Crippen molar-refractivity contribution in [2.45, 2.75) is 32.2 Å². The molecule has 0 aromatic carbocycles. The fraction of sp³-hybridized carbons (Fsp3) is 0.556. The number of hydrogen-bond donors (Lipinski definition) is 3. The van der Waals surface area contributed by atoms with E-state index in [0.717, 1.165) is 0 Å². The number of carbonyl (C=O) groups excluding carboxylic acids is 2. The van der Waals surface area contributed by atoms with Crippen molar-refractivity contribution in [1.29, 1.82) is 0 Å². The molecule has 0 bridgehead atoms. The second kappa shape index (κ2) is 8.01. The summed E-state index contributed by atoms with van der Waals surface area (Å²) in [6, 6.07) is 0. The van der Waals surface area contributed by atoms with Gasteiger partial charge in [0.2, 0.25) is 0 Å². The van der Waals surface area contributed by atoms with Gasteiger partial charge in [0.1, 0.15) is 0 Å². The van der Waals surface area contributed by atoms with E-state index in [1.165, 1.54) is 0 Å². The lowest BCUT2D eigenvalue weighted by Gasteiger charge is -2.11. The van der Waals surface area contributed by atoms with Gasteiger partial charge in [-0.25, -0.2) is 0 Å². The highest BCUT2D eigenvalue weighted by Gasteiger charge is 2.17. The second-order valence-corrected chi connectivity index (χ2v) is 3.07. The smallest absolute Gasteiger partial charge is 0.362 e. The van der Waals surface area contributed by atoms with E-state index in [9.17, 15) is 19.2 Å². The average molecular weight is 264 g/mol. The number of rotatable bonds is 8. The predicted octanol–water partition coefficient (Wildman–Crippen LogP) is -0.922. The van der Waals surface area contributed by atoms with E-state index >= 15 is 0 Å². The number of aliphatic carboxylic acids is 2. The van der Waals surface area contributed by atoms with Crippen LogP contribution in [0.4, 0.5) is 0 Å². The lowest BCUT2D eigenvalue weighted by molar-refractivity contribution is -0.246. The molecule has 0 radical (unpaired) electrons. The number of carboxylic acids is 2. The molecule has 0 heterocycles. The molecule has 0 unspecified atom stereocenters. The Morgan fingerprint density at radius 1 is 0.778 bits per heavy atom. The maximum absolute atomic E-state index is 10.9. The van der Waals surface area contributed by atoms with Crippen molar-refractivity contribution in [2.75, 3.05) is 0 Å². The van der Waals surface area contributed by atoms with Crippen LogP contribution in [0.25, 0.3) is 0 Å². The summed E-state index contributed by atoms with van der Waals surface area (Å²) in [5.41, 5.74) is 0. The van der Waals surface area contributed by atoms with Gasteiger partial charge >= 0.3 is 30.4 Å². The topological polar surface area (TPSA) is 147 Å². The van der Waals surface area contributed by atoms with Crippen molar-refractivity contribution in [3.05, 3.63) is 0 Å². The highest BCUT2D eigenvalue weighted by molar-refractivity contribution is 5.77. The summed E-state index contributed by atoms with van der Waals surface area (Å²) in [5, 5.41) is 25.4. The summed E-state index contributed by atoms with van der Waals surface area (Å²) >= 11 is 0. The third-order valence-electron chi connectivity index (χ3n) is 1.55. The van der Waals surface area contributed by atoms with Crippen LogP contribution in [0.5, 0.6) is 0 Å². The number of aliphatic hydroxyl groups excluding tert-OH is 1. The van der Waals surface area contributed by atoms with Gasteiger partial charge in [0.25, 0.3) is 0 Å². The Balaban J connectivity index is 3.84. The zero-order valence-corrected chi connectivity index (χ0v) is 9.20. The lowest BCUT2D eigenvalue weighted by Crippen LogP contribution is -2.24. The van der Waals surface area contributed by atoms with E-state index in [1.54, 1.807) is 0 Å². The highest BCUT2D eigenvalue weighted by atomic mass is 16.8. The first-order chi connectivity index (χ1) is 8.31. The molecule has 0 aliphatic heterocycles. The molecule has 0 aliphatic carbocycles. The fourth-order valence-corrected chi connectivity index (χ4v) is 0.785. The maximum Gasteiger partial charge on any atom is 0.362 e. The largest absolute Gasteiger partial charge is 0.481 e. The van der Waals surface area contributed by atoms with Crippen LogP contribution in [-0.4, -0.2) is 45.7 Å². The number of esters is 2. The average Bonchev–Trinajstić information content (AvgIpc) is 2.23. The summed E-state index contributed by atoms with van der Waals surface area (Å²) in [6.45, 7) is -2.17. The van der Waals surface area contributed by atoms with Crippen LogP contribution in [0.3, 0.4) is 0 Å². The van der Waals surface area contributed by atoms with Gasteiger partial charge in [-0.1, -0.05) is 0 Å². The molecule has 0 saturated carbocycles. The van der Waals surface area contributed by atoms with Crippen LogP contribution in [0.1, 0.15) is 25.7 Å². The van der Waals surface area contributed by atoms with Crippen molar-refractivity contribution in [3.63, 3.8) is 0 Å². The van der Waals surface area contributed by atoms with E-state index in [4.69, 9.17) is 15.3 Å². The molecule has 0 atom stereocenters. The minimum absolute atomic E-state index is 0.487. The van der Waals surface area contributed by atoms with Crippen molar-refractivity contribution >= 4 is 23.9 Å². The van der Waals surface area contributed by atoms with Crippen LogP contribution >= 0.6 is 0 Å². The summed E-state index contributed by atoms with van der Waals surface area (Å²) in [6.07, 6.45) is -1.95.